The molecule has 3 heterocycles. The van der Waals surface area contributed by atoms with Crippen molar-refractivity contribution < 1.29 is 0 Å². The number of rotatable bonds is 2. The number of benzene rings is 1. The van der Waals surface area contributed by atoms with Crippen LogP contribution in [0.2, 0.25) is 0 Å². The van der Waals surface area contributed by atoms with E-state index in [1.54, 1.807) is 0 Å². The van der Waals surface area contributed by atoms with E-state index in [1.807, 2.05) is 37.5 Å². The number of pyridine rings is 1. The molecule has 22 heavy (non-hydrogen) atoms. The summed E-state index contributed by atoms with van der Waals surface area (Å²) in [5.41, 5.74) is 10.9. The molecule has 0 radical (unpaired) electrons. The Morgan fingerprint density at radius 3 is 2.68 bits per heavy atom. The fourth-order valence-corrected chi connectivity index (χ4v) is 3.36. The Hall–Kier alpha value is -2.66. The van der Waals surface area contributed by atoms with E-state index >= 15 is 0 Å². The first-order valence-corrected chi connectivity index (χ1v) is 7.80. The van der Waals surface area contributed by atoms with E-state index in [2.05, 4.69) is 33.2 Å². The van der Waals surface area contributed by atoms with E-state index in [4.69, 9.17) is 5.73 Å². The first-order chi connectivity index (χ1) is 10.7. The van der Waals surface area contributed by atoms with Crippen LogP contribution in [0, 0.1) is 6.92 Å². The van der Waals surface area contributed by atoms with Gasteiger partial charge in [-0.15, -0.1) is 11.3 Å². The Morgan fingerprint density at radius 1 is 1.14 bits per heavy atom. The normalized spacial score (nSPS) is 11.1. The van der Waals surface area contributed by atoms with Gasteiger partial charge < -0.3 is 10.7 Å². The quantitative estimate of drug-likeness (QED) is 0.582. The zero-order valence-corrected chi connectivity index (χ0v) is 12.8. The van der Waals surface area contributed by atoms with Crippen molar-refractivity contribution in [2.75, 3.05) is 5.73 Å². The van der Waals surface area contributed by atoms with Gasteiger partial charge in [-0.05, 0) is 18.6 Å². The van der Waals surface area contributed by atoms with Gasteiger partial charge in [-0.3, -0.25) is 0 Å². The minimum Gasteiger partial charge on any atom is -0.375 e. The molecule has 0 aliphatic rings. The van der Waals surface area contributed by atoms with Gasteiger partial charge in [-0.25, -0.2) is 9.97 Å². The SMILES string of the molecule is Cc1sc(N)nc1-c1c[nH]c2ncc(-c3ccccc3)cc12. The Morgan fingerprint density at radius 2 is 1.95 bits per heavy atom. The number of anilines is 1. The smallest absolute Gasteiger partial charge is 0.180 e. The minimum atomic E-state index is 0.592. The molecular weight excluding hydrogens is 292 g/mol. The maximum absolute atomic E-state index is 5.83. The molecule has 0 saturated carbocycles. The van der Waals surface area contributed by atoms with Gasteiger partial charge in [0.15, 0.2) is 5.13 Å². The molecule has 0 aliphatic carbocycles. The molecule has 0 fully saturated rings. The lowest BCUT2D eigenvalue weighted by Gasteiger charge is -2.02. The van der Waals surface area contributed by atoms with E-state index < -0.39 is 0 Å². The van der Waals surface area contributed by atoms with Crippen molar-refractivity contribution in [2.45, 2.75) is 6.92 Å². The summed E-state index contributed by atoms with van der Waals surface area (Å²) < 4.78 is 0. The molecule has 4 rings (SSSR count). The molecule has 0 bridgehead atoms. The van der Waals surface area contributed by atoms with E-state index in [1.165, 1.54) is 11.3 Å². The third kappa shape index (κ3) is 2.07. The van der Waals surface area contributed by atoms with Crippen LogP contribution in [0.25, 0.3) is 33.4 Å². The Labute approximate surface area is 131 Å². The van der Waals surface area contributed by atoms with Gasteiger partial charge in [0.2, 0.25) is 0 Å². The summed E-state index contributed by atoms with van der Waals surface area (Å²) in [6, 6.07) is 12.4. The van der Waals surface area contributed by atoms with Crippen molar-refractivity contribution in [1.29, 1.82) is 0 Å². The predicted molar refractivity (Wildman–Crippen MR) is 91.8 cm³/mol. The van der Waals surface area contributed by atoms with Gasteiger partial charge in [-0.1, -0.05) is 30.3 Å². The zero-order valence-electron chi connectivity index (χ0n) is 12.0. The average Bonchev–Trinajstić information content (AvgIpc) is 3.10. The molecule has 4 nitrogen and oxygen atoms in total. The van der Waals surface area contributed by atoms with Gasteiger partial charge in [0.05, 0.1) is 5.69 Å². The highest BCUT2D eigenvalue weighted by atomic mass is 32.1. The number of nitrogens with one attached hydrogen (secondary N) is 1. The van der Waals surface area contributed by atoms with Crippen LogP contribution in [-0.4, -0.2) is 15.0 Å². The third-order valence-corrected chi connectivity index (χ3v) is 4.51. The van der Waals surface area contributed by atoms with Crippen LogP contribution in [0.1, 0.15) is 4.88 Å². The standard InChI is InChI=1S/C17H14N4S/c1-10-15(21-17(18)22-10)14-9-20-16-13(14)7-12(8-19-16)11-5-3-2-4-6-11/h2-9H,1H3,(H2,18,21)(H,19,20). The number of nitrogen functional groups attached to an aromatic ring is 1. The van der Waals surface area contributed by atoms with Gasteiger partial charge in [-0.2, -0.15) is 0 Å². The topological polar surface area (TPSA) is 67.6 Å². The Bertz CT molecular complexity index is 953. The molecule has 4 aromatic rings. The second kappa shape index (κ2) is 4.96. The Balaban J connectivity index is 1.92. The predicted octanol–water partition coefficient (Wildman–Crippen LogP) is 4.24. The summed E-state index contributed by atoms with van der Waals surface area (Å²) in [5, 5.41) is 1.66. The lowest BCUT2D eigenvalue weighted by atomic mass is 10.0. The van der Waals surface area contributed by atoms with Crippen LogP contribution in [0.4, 0.5) is 5.13 Å². The van der Waals surface area contributed by atoms with Crippen LogP contribution >= 0.6 is 11.3 Å². The van der Waals surface area contributed by atoms with Gasteiger partial charge in [0.1, 0.15) is 5.65 Å². The fraction of sp³-hybridized carbons (Fsp3) is 0.0588. The molecule has 3 aromatic heterocycles. The van der Waals surface area contributed by atoms with Gasteiger partial charge >= 0.3 is 0 Å². The third-order valence-electron chi connectivity index (χ3n) is 3.71. The highest BCUT2D eigenvalue weighted by molar-refractivity contribution is 7.15. The summed E-state index contributed by atoms with van der Waals surface area (Å²) in [5.74, 6) is 0. The molecule has 0 spiro atoms. The van der Waals surface area contributed by atoms with Crippen molar-refractivity contribution in [3.05, 3.63) is 53.7 Å². The maximum Gasteiger partial charge on any atom is 0.180 e. The van der Waals surface area contributed by atoms with E-state index in [0.717, 1.165) is 38.3 Å². The number of aryl methyl sites for hydroxylation is 1. The van der Waals surface area contributed by atoms with Gasteiger partial charge in [0.25, 0.3) is 0 Å². The van der Waals surface area contributed by atoms with Gasteiger partial charge in [0, 0.05) is 33.8 Å². The number of hydrogen-bond acceptors (Lipinski definition) is 4. The second-order valence-corrected chi connectivity index (χ2v) is 6.38. The number of aromatic nitrogens is 3. The number of fused-ring (bicyclic) bond motifs is 1. The largest absolute Gasteiger partial charge is 0.375 e. The molecule has 0 unspecified atom stereocenters. The van der Waals surface area contributed by atoms with Crippen LogP contribution < -0.4 is 5.73 Å². The highest BCUT2D eigenvalue weighted by Crippen LogP contribution is 2.34. The van der Waals surface area contributed by atoms with Crippen molar-refractivity contribution in [3.8, 4) is 22.4 Å². The average molecular weight is 306 g/mol. The highest BCUT2D eigenvalue weighted by Gasteiger charge is 2.14. The molecule has 5 heteroatoms. The lowest BCUT2D eigenvalue weighted by Crippen LogP contribution is -1.84. The minimum absolute atomic E-state index is 0.592. The first kappa shape index (κ1) is 13.0. The van der Waals surface area contributed by atoms with E-state index in [-0.39, 0.29) is 0 Å². The lowest BCUT2D eigenvalue weighted by molar-refractivity contribution is 1.32. The van der Waals surface area contributed by atoms with Crippen molar-refractivity contribution in [1.82, 2.24) is 15.0 Å². The summed E-state index contributed by atoms with van der Waals surface area (Å²) in [4.78, 5) is 13.3. The van der Waals surface area contributed by atoms with Crippen LogP contribution in [0.3, 0.4) is 0 Å². The summed E-state index contributed by atoms with van der Waals surface area (Å²) >= 11 is 1.51. The van der Waals surface area contributed by atoms with Crippen molar-refractivity contribution in [3.63, 3.8) is 0 Å². The molecule has 0 amide bonds. The fourth-order valence-electron chi connectivity index (χ4n) is 2.65. The number of nitrogens with zero attached hydrogens (tertiary/aromatic N) is 2. The van der Waals surface area contributed by atoms with Crippen molar-refractivity contribution >= 4 is 27.5 Å². The molecule has 0 atom stereocenters. The number of nitrogens with two attached hydrogens (primary N) is 1. The molecular formula is C17H14N4S. The van der Waals surface area contributed by atoms with Crippen LogP contribution in [-0.2, 0) is 0 Å². The Kier molecular flexibility index (Phi) is 2.94. The van der Waals surface area contributed by atoms with E-state index in [0.29, 0.717) is 5.13 Å². The molecule has 1 aromatic carbocycles. The molecule has 3 N–H and O–H groups in total. The monoisotopic (exact) mass is 306 g/mol. The van der Waals surface area contributed by atoms with Crippen molar-refractivity contribution in [2.24, 2.45) is 0 Å². The van der Waals surface area contributed by atoms with E-state index in [9.17, 15) is 0 Å². The number of thiazole rings is 1. The maximum atomic E-state index is 5.83. The zero-order chi connectivity index (χ0) is 15.1. The summed E-state index contributed by atoms with van der Waals surface area (Å²) in [6.07, 6.45) is 3.84. The molecule has 0 saturated heterocycles. The number of H-pyrrole nitrogens is 1. The first-order valence-electron chi connectivity index (χ1n) is 6.98. The summed E-state index contributed by atoms with van der Waals surface area (Å²) in [7, 11) is 0. The molecule has 108 valence electrons. The number of hydrogen-bond donors (Lipinski definition) is 2. The van der Waals surface area contributed by atoms with Crippen LogP contribution in [0.15, 0.2) is 48.8 Å². The second-order valence-electron chi connectivity index (χ2n) is 5.15. The molecule has 0 aliphatic heterocycles. The van der Waals surface area contributed by atoms with Crippen LogP contribution in [0.5, 0.6) is 0 Å². The summed E-state index contributed by atoms with van der Waals surface area (Å²) in [6.45, 7) is 2.04. The number of aromatic amines is 1.